The average Bonchev–Trinajstić information content (AvgIpc) is 2.10. The first-order valence-corrected chi connectivity index (χ1v) is 3.76. The van der Waals surface area contributed by atoms with Crippen LogP contribution in [0.5, 0.6) is 11.5 Å². The van der Waals surface area contributed by atoms with Crippen molar-refractivity contribution in [3.8, 4) is 11.5 Å². The van der Waals surface area contributed by atoms with Crippen molar-refractivity contribution < 1.29 is 23.0 Å². The summed E-state index contributed by atoms with van der Waals surface area (Å²) in [5.41, 5.74) is 0. The second kappa shape index (κ2) is 4.04. The van der Waals surface area contributed by atoms with Crippen molar-refractivity contribution in [1.82, 2.24) is 0 Å². The number of methoxy groups -OCH3 is 1. The van der Waals surface area contributed by atoms with E-state index in [0.29, 0.717) is 0 Å². The summed E-state index contributed by atoms with van der Waals surface area (Å²) in [5, 5.41) is 0. The Bertz CT molecular complexity index is 363. The SMILES string of the molecule is COc1cc(F)c(F)cc1OC(C)=O. The van der Waals surface area contributed by atoms with Gasteiger partial charge in [-0.25, -0.2) is 8.78 Å². The predicted molar refractivity (Wildman–Crippen MR) is 44.2 cm³/mol. The number of carbonyl (C=O) groups is 1. The van der Waals surface area contributed by atoms with Crippen molar-refractivity contribution in [2.24, 2.45) is 0 Å². The number of hydrogen-bond donors (Lipinski definition) is 0. The second-order valence-electron chi connectivity index (χ2n) is 2.51. The number of carbonyl (C=O) groups excluding carboxylic acids is 1. The molecule has 0 saturated carbocycles. The van der Waals surface area contributed by atoms with E-state index >= 15 is 0 Å². The van der Waals surface area contributed by atoms with Gasteiger partial charge in [-0.3, -0.25) is 4.79 Å². The Morgan fingerprint density at radius 2 is 1.71 bits per heavy atom. The molecule has 1 aromatic rings. The molecule has 0 saturated heterocycles. The van der Waals surface area contributed by atoms with E-state index in [9.17, 15) is 13.6 Å². The number of hydrogen-bond acceptors (Lipinski definition) is 3. The van der Waals surface area contributed by atoms with E-state index in [-0.39, 0.29) is 11.5 Å². The maximum absolute atomic E-state index is 12.7. The van der Waals surface area contributed by atoms with E-state index < -0.39 is 17.6 Å². The van der Waals surface area contributed by atoms with E-state index in [2.05, 4.69) is 4.74 Å². The molecule has 5 heteroatoms. The van der Waals surface area contributed by atoms with Gasteiger partial charge < -0.3 is 9.47 Å². The molecule has 1 rings (SSSR count). The fourth-order valence-electron chi connectivity index (χ4n) is 0.904. The highest BCUT2D eigenvalue weighted by atomic mass is 19.2. The molecule has 0 spiro atoms. The Morgan fingerprint density at radius 3 is 2.14 bits per heavy atom. The lowest BCUT2D eigenvalue weighted by Crippen LogP contribution is -2.04. The Labute approximate surface area is 79.2 Å². The van der Waals surface area contributed by atoms with Crippen molar-refractivity contribution in [3.05, 3.63) is 23.8 Å². The third kappa shape index (κ3) is 2.18. The summed E-state index contributed by atoms with van der Waals surface area (Å²) in [5.74, 6) is -2.95. The minimum absolute atomic E-state index is 0.0286. The molecule has 0 unspecified atom stereocenters. The summed E-state index contributed by atoms with van der Waals surface area (Å²) in [7, 11) is 1.26. The van der Waals surface area contributed by atoms with Gasteiger partial charge in [-0.2, -0.15) is 0 Å². The van der Waals surface area contributed by atoms with Gasteiger partial charge in [0.2, 0.25) is 0 Å². The van der Waals surface area contributed by atoms with E-state index in [4.69, 9.17) is 4.74 Å². The summed E-state index contributed by atoms with van der Waals surface area (Å²) in [6.45, 7) is 1.15. The maximum Gasteiger partial charge on any atom is 0.308 e. The smallest absolute Gasteiger partial charge is 0.308 e. The Kier molecular flexibility index (Phi) is 3.01. The molecular weight excluding hydrogens is 194 g/mol. The lowest BCUT2D eigenvalue weighted by atomic mass is 10.3. The molecule has 0 radical (unpaired) electrons. The Morgan fingerprint density at radius 1 is 1.21 bits per heavy atom. The number of rotatable bonds is 2. The zero-order valence-electron chi connectivity index (χ0n) is 7.64. The Hall–Kier alpha value is -1.65. The van der Waals surface area contributed by atoms with Crippen molar-refractivity contribution >= 4 is 5.97 Å². The molecule has 1 aromatic carbocycles. The van der Waals surface area contributed by atoms with E-state index in [1.165, 1.54) is 7.11 Å². The summed E-state index contributed by atoms with van der Waals surface area (Å²) >= 11 is 0. The molecule has 0 N–H and O–H groups in total. The molecule has 3 nitrogen and oxygen atoms in total. The van der Waals surface area contributed by atoms with E-state index in [1.807, 2.05) is 0 Å². The van der Waals surface area contributed by atoms with Crippen LogP contribution in [0, 0.1) is 11.6 Å². The lowest BCUT2D eigenvalue weighted by molar-refractivity contribution is -0.132. The topological polar surface area (TPSA) is 35.5 Å². The maximum atomic E-state index is 12.7. The molecule has 76 valence electrons. The van der Waals surface area contributed by atoms with Crippen molar-refractivity contribution in [3.63, 3.8) is 0 Å². The van der Waals surface area contributed by atoms with Crippen LogP contribution in [0.25, 0.3) is 0 Å². The summed E-state index contributed by atoms with van der Waals surface area (Å²) in [6.07, 6.45) is 0. The van der Waals surface area contributed by atoms with Gasteiger partial charge in [0.25, 0.3) is 0 Å². The molecule has 0 fully saturated rings. The highest BCUT2D eigenvalue weighted by Crippen LogP contribution is 2.29. The third-order valence-electron chi connectivity index (χ3n) is 1.46. The molecule has 14 heavy (non-hydrogen) atoms. The Balaban J connectivity index is 3.13. The first-order chi connectivity index (χ1) is 6.54. The van der Waals surface area contributed by atoms with Crippen LogP contribution < -0.4 is 9.47 Å². The van der Waals surface area contributed by atoms with Gasteiger partial charge >= 0.3 is 5.97 Å². The van der Waals surface area contributed by atoms with Crippen LogP contribution in [0.15, 0.2) is 12.1 Å². The van der Waals surface area contributed by atoms with Crippen LogP contribution in [0.3, 0.4) is 0 Å². The van der Waals surface area contributed by atoms with Gasteiger partial charge in [0.05, 0.1) is 7.11 Å². The summed E-state index contributed by atoms with van der Waals surface area (Å²) < 4.78 is 34.7. The third-order valence-corrected chi connectivity index (χ3v) is 1.46. The van der Waals surface area contributed by atoms with Gasteiger partial charge in [-0.1, -0.05) is 0 Å². The monoisotopic (exact) mass is 202 g/mol. The standard InChI is InChI=1S/C9H8F2O3/c1-5(12)14-9-4-7(11)6(10)3-8(9)13-2/h3-4H,1-2H3. The first kappa shape index (κ1) is 10.4. The van der Waals surface area contributed by atoms with Crippen LogP contribution in [0.2, 0.25) is 0 Å². The highest BCUT2D eigenvalue weighted by molar-refractivity contribution is 5.70. The number of esters is 1. The lowest BCUT2D eigenvalue weighted by Gasteiger charge is -2.07. The van der Waals surface area contributed by atoms with Crippen molar-refractivity contribution in [2.45, 2.75) is 6.92 Å². The van der Waals surface area contributed by atoms with Gasteiger partial charge in [0.1, 0.15) is 0 Å². The normalized spacial score (nSPS) is 9.71. The van der Waals surface area contributed by atoms with Gasteiger partial charge in [-0.15, -0.1) is 0 Å². The van der Waals surface area contributed by atoms with Crippen molar-refractivity contribution in [1.29, 1.82) is 0 Å². The molecule has 0 aliphatic rings. The molecule has 0 aromatic heterocycles. The zero-order chi connectivity index (χ0) is 10.7. The number of halogens is 2. The predicted octanol–water partition coefficient (Wildman–Crippen LogP) is 1.90. The van der Waals surface area contributed by atoms with Gasteiger partial charge in [-0.05, 0) is 0 Å². The van der Waals surface area contributed by atoms with Crippen LogP contribution in [0.1, 0.15) is 6.92 Å². The van der Waals surface area contributed by atoms with Gasteiger partial charge in [0, 0.05) is 19.1 Å². The largest absolute Gasteiger partial charge is 0.493 e. The molecular formula is C9H8F2O3. The summed E-state index contributed by atoms with van der Waals surface area (Å²) in [6, 6.07) is 1.57. The fourth-order valence-corrected chi connectivity index (χ4v) is 0.904. The van der Waals surface area contributed by atoms with E-state index in [0.717, 1.165) is 19.1 Å². The van der Waals surface area contributed by atoms with Crippen LogP contribution in [-0.4, -0.2) is 13.1 Å². The number of benzene rings is 1. The first-order valence-electron chi connectivity index (χ1n) is 3.76. The molecule has 0 heterocycles. The second-order valence-corrected chi connectivity index (χ2v) is 2.51. The average molecular weight is 202 g/mol. The number of ether oxygens (including phenoxy) is 2. The quantitative estimate of drug-likeness (QED) is 0.542. The molecule has 0 aliphatic heterocycles. The van der Waals surface area contributed by atoms with Crippen LogP contribution >= 0.6 is 0 Å². The zero-order valence-corrected chi connectivity index (χ0v) is 7.64. The molecule has 0 bridgehead atoms. The molecule has 0 amide bonds. The molecule has 0 atom stereocenters. The van der Waals surface area contributed by atoms with Crippen LogP contribution in [0.4, 0.5) is 8.78 Å². The fraction of sp³-hybridized carbons (Fsp3) is 0.222. The molecule has 0 aliphatic carbocycles. The van der Waals surface area contributed by atoms with Gasteiger partial charge in [0.15, 0.2) is 23.1 Å². The summed E-state index contributed by atoms with van der Waals surface area (Å²) in [4.78, 5) is 10.6. The van der Waals surface area contributed by atoms with Crippen LogP contribution in [-0.2, 0) is 4.79 Å². The highest BCUT2D eigenvalue weighted by Gasteiger charge is 2.12. The minimum Gasteiger partial charge on any atom is -0.493 e. The van der Waals surface area contributed by atoms with Crippen molar-refractivity contribution in [2.75, 3.05) is 7.11 Å². The minimum atomic E-state index is -1.10. The van der Waals surface area contributed by atoms with E-state index in [1.54, 1.807) is 0 Å².